The Morgan fingerprint density at radius 2 is 1.10 bits per heavy atom. The minimum Gasteiger partial charge on any atom is -0.377 e. The molecule has 0 saturated heterocycles. The Morgan fingerprint density at radius 3 is 1.45 bits per heavy atom. The molecular weight excluding hydrogens is 257 g/mol. The Kier molecular flexibility index (Phi) is 6.34. The first-order chi connectivity index (χ1) is 9.83. The van der Waals surface area contributed by atoms with E-state index in [1.54, 1.807) is 0 Å². The first-order valence-electron chi connectivity index (χ1n) is 7.65. The van der Waals surface area contributed by atoms with Gasteiger partial charge >= 0.3 is 14.4 Å². The first-order valence-corrected chi connectivity index (χ1v) is 9.80. The predicted molar refractivity (Wildman–Crippen MR) is 88.8 cm³/mol. The van der Waals surface area contributed by atoms with E-state index >= 15 is 0 Å². The first kappa shape index (κ1) is 15.3. The number of benzene rings is 2. The molecule has 0 spiro atoms. The van der Waals surface area contributed by atoms with E-state index in [1.165, 1.54) is 21.7 Å². The van der Waals surface area contributed by atoms with Crippen LogP contribution in [0.25, 0.3) is 0 Å². The number of rotatable bonds is 7. The lowest BCUT2D eigenvalue weighted by molar-refractivity contribution is 0.417. The normalized spacial score (nSPS) is 10.8. The van der Waals surface area contributed by atoms with Gasteiger partial charge in [-0.3, -0.25) is 0 Å². The number of hydrogen-bond donors (Lipinski definition) is 0. The molecule has 2 heteroatoms. The van der Waals surface area contributed by atoms with Crippen LogP contribution in [0.1, 0.15) is 25.0 Å². The molecule has 104 valence electrons. The van der Waals surface area contributed by atoms with E-state index in [2.05, 4.69) is 78.4 Å². The summed E-state index contributed by atoms with van der Waals surface area (Å²) in [5.74, 6) is 0. The topological polar surface area (TPSA) is 3.24 Å². The maximum absolute atomic E-state index is 2.74. The van der Waals surface area contributed by atoms with Gasteiger partial charge in [0.05, 0.1) is 0 Å². The van der Waals surface area contributed by atoms with Gasteiger partial charge in [-0.2, -0.15) is 0 Å². The van der Waals surface area contributed by atoms with Crippen LogP contribution in [0.15, 0.2) is 60.7 Å². The summed E-state index contributed by atoms with van der Waals surface area (Å²) >= 11 is -0.813. The SMILES string of the molecule is C[CH2][Al]([CH2]C)[N](Cc1ccccc1)Cc1ccccc1. The van der Waals surface area contributed by atoms with Crippen molar-refractivity contribution in [3.05, 3.63) is 71.8 Å². The minimum atomic E-state index is -0.813. The van der Waals surface area contributed by atoms with Crippen molar-refractivity contribution in [2.75, 3.05) is 0 Å². The zero-order chi connectivity index (χ0) is 14.2. The van der Waals surface area contributed by atoms with Crippen molar-refractivity contribution in [2.45, 2.75) is 37.5 Å². The molecule has 0 bridgehead atoms. The summed E-state index contributed by atoms with van der Waals surface area (Å²) in [6.45, 7) is 6.88. The number of nitrogens with zero attached hydrogens (tertiary/aromatic N) is 1. The maximum atomic E-state index is 2.74. The van der Waals surface area contributed by atoms with Gasteiger partial charge in [0.2, 0.25) is 0 Å². The van der Waals surface area contributed by atoms with Crippen molar-refractivity contribution in [3.63, 3.8) is 0 Å². The van der Waals surface area contributed by atoms with Gasteiger partial charge in [-0.25, -0.2) is 0 Å². The quantitative estimate of drug-likeness (QED) is 0.664. The summed E-state index contributed by atoms with van der Waals surface area (Å²) in [6, 6.07) is 21.7. The molecule has 0 radical (unpaired) electrons. The molecule has 1 nitrogen and oxygen atoms in total. The molecule has 2 aromatic rings. The Labute approximate surface area is 127 Å². The summed E-state index contributed by atoms with van der Waals surface area (Å²) in [5, 5.41) is 2.69. The van der Waals surface area contributed by atoms with Crippen molar-refractivity contribution in [2.24, 2.45) is 0 Å². The largest absolute Gasteiger partial charge is 0.377 e. The molecule has 2 aromatic carbocycles. The van der Waals surface area contributed by atoms with Gasteiger partial charge in [0.15, 0.2) is 0 Å². The Morgan fingerprint density at radius 1 is 0.700 bits per heavy atom. The van der Waals surface area contributed by atoms with Crippen molar-refractivity contribution < 1.29 is 0 Å². The molecule has 20 heavy (non-hydrogen) atoms. The second-order valence-electron chi connectivity index (χ2n) is 5.35. The van der Waals surface area contributed by atoms with Crippen LogP contribution in [0.4, 0.5) is 0 Å². The highest BCUT2D eigenvalue weighted by atomic mass is 27.2. The monoisotopic (exact) mass is 281 g/mol. The van der Waals surface area contributed by atoms with Crippen LogP contribution in [0.2, 0.25) is 10.6 Å². The van der Waals surface area contributed by atoms with Gasteiger partial charge in [0.25, 0.3) is 0 Å². The molecule has 0 aliphatic carbocycles. The van der Waals surface area contributed by atoms with Gasteiger partial charge in [-0.05, 0) is 11.1 Å². The maximum Gasteiger partial charge on any atom is 0.372 e. The summed E-state index contributed by atoms with van der Waals surface area (Å²) in [6.07, 6.45) is 0. The smallest absolute Gasteiger partial charge is 0.372 e. The third kappa shape index (κ3) is 4.49. The van der Waals surface area contributed by atoms with E-state index in [0.29, 0.717) is 0 Å². The molecule has 0 atom stereocenters. The summed E-state index contributed by atoms with van der Waals surface area (Å²) in [4.78, 5) is 0. The molecule has 0 aliphatic heterocycles. The van der Waals surface area contributed by atoms with E-state index in [0.717, 1.165) is 13.1 Å². The van der Waals surface area contributed by atoms with Gasteiger partial charge < -0.3 is 3.88 Å². The Balaban J connectivity index is 2.12. The van der Waals surface area contributed by atoms with Crippen molar-refractivity contribution >= 4 is 14.4 Å². The third-order valence-electron chi connectivity index (χ3n) is 3.92. The third-order valence-corrected chi connectivity index (χ3v) is 7.20. The molecular formula is C18H24AlN. The second kappa shape index (κ2) is 8.27. The lowest BCUT2D eigenvalue weighted by atomic mass is 10.2. The fourth-order valence-electron chi connectivity index (χ4n) is 2.76. The van der Waals surface area contributed by atoms with Gasteiger partial charge in [0, 0.05) is 13.1 Å². The zero-order valence-electron chi connectivity index (χ0n) is 12.6. The predicted octanol–water partition coefficient (Wildman–Crippen LogP) is 4.72. The van der Waals surface area contributed by atoms with E-state index in [-0.39, 0.29) is 0 Å². The standard InChI is InChI=1S/C14H14N.2C2H5.Al/c1-3-7-13(8-4-1)11-15-12-14-9-5-2-6-10-14;2*1-2;/h1-10H,11-12H2;2*1H2,2H3;/q-1;;;+1. The lowest BCUT2D eigenvalue weighted by Crippen LogP contribution is -2.37. The van der Waals surface area contributed by atoms with Crippen LogP contribution in [-0.4, -0.2) is 18.3 Å². The average molecular weight is 281 g/mol. The van der Waals surface area contributed by atoms with Crippen LogP contribution in [0.5, 0.6) is 0 Å². The molecule has 0 unspecified atom stereocenters. The highest BCUT2D eigenvalue weighted by molar-refractivity contribution is 6.55. The van der Waals surface area contributed by atoms with Gasteiger partial charge in [-0.15, -0.1) is 0 Å². The van der Waals surface area contributed by atoms with Crippen LogP contribution >= 0.6 is 0 Å². The van der Waals surface area contributed by atoms with E-state index < -0.39 is 14.4 Å². The van der Waals surface area contributed by atoms with Crippen molar-refractivity contribution in [3.8, 4) is 0 Å². The van der Waals surface area contributed by atoms with Crippen molar-refractivity contribution in [1.29, 1.82) is 0 Å². The summed E-state index contributed by atoms with van der Waals surface area (Å²) in [5.41, 5.74) is 2.87. The molecule has 0 fully saturated rings. The Bertz CT molecular complexity index is 438. The molecule has 0 N–H and O–H groups in total. The van der Waals surface area contributed by atoms with Crippen molar-refractivity contribution in [1.82, 2.24) is 3.88 Å². The molecule has 0 aliphatic rings. The van der Waals surface area contributed by atoms with E-state index in [9.17, 15) is 0 Å². The van der Waals surface area contributed by atoms with Crippen LogP contribution in [0, 0.1) is 0 Å². The molecule has 0 aromatic heterocycles. The van der Waals surface area contributed by atoms with Crippen LogP contribution in [0.3, 0.4) is 0 Å². The fourth-order valence-corrected chi connectivity index (χ4v) is 5.30. The summed E-state index contributed by atoms with van der Waals surface area (Å²) < 4.78 is 2.74. The van der Waals surface area contributed by atoms with Gasteiger partial charge in [-0.1, -0.05) is 85.1 Å². The lowest BCUT2D eigenvalue weighted by Gasteiger charge is -2.28. The van der Waals surface area contributed by atoms with Crippen LogP contribution < -0.4 is 0 Å². The molecule has 0 amide bonds. The van der Waals surface area contributed by atoms with E-state index in [4.69, 9.17) is 0 Å². The average Bonchev–Trinajstić information content (AvgIpc) is 2.50. The summed E-state index contributed by atoms with van der Waals surface area (Å²) in [7, 11) is 0. The second-order valence-corrected chi connectivity index (χ2v) is 9.02. The molecule has 0 heterocycles. The fraction of sp³-hybridized carbons (Fsp3) is 0.333. The Hall–Kier alpha value is -1.07. The molecule has 0 saturated carbocycles. The highest BCUT2D eigenvalue weighted by Gasteiger charge is 2.22. The van der Waals surface area contributed by atoms with E-state index in [1.807, 2.05) is 0 Å². The number of hydrogen-bond acceptors (Lipinski definition) is 1. The highest BCUT2D eigenvalue weighted by Crippen LogP contribution is 2.15. The van der Waals surface area contributed by atoms with Gasteiger partial charge in [0.1, 0.15) is 0 Å². The van der Waals surface area contributed by atoms with Crippen LogP contribution in [-0.2, 0) is 13.1 Å². The molecule has 2 rings (SSSR count). The minimum absolute atomic E-state index is 0.813. The zero-order valence-corrected chi connectivity index (χ0v) is 13.8.